The molecule has 2 aliphatic rings. The Morgan fingerprint density at radius 1 is 0.810 bits per heavy atom. The van der Waals surface area contributed by atoms with E-state index in [0.717, 1.165) is 36.9 Å². The lowest BCUT2D eigenvalue weighted by atomic mass is 9.75. The van der Waals surface area contributed by atoms with Crippen molar-refractivity contribution in [2.45, 2.75) is 78.1 Å². The van der Waals surface area contributed by atoms with Gasteiger partial charge in [0.05, 0.1) is 0 Å². The average molecular weight is 293 g/mol. The van der Waals surface area contributed by atoms with Crippen LogP contribution in [0.3, 0.4) is 0 Å². The van der Waals surface area contributed by atoms with E-state index in [0.29, 0.717) is 0 Å². The van der Waals surface area contributed by atoms with Gasteiger partial charge in [-0.2, -0.15) is 0 Å². The fourth-order valence-corrected chi connectivity index (χ4v) is 4.38. The highest BCUT2D eigenvalue weighted by molar-refractivity contribution is 4.89. The summed E-state index contributed by atoms with van der Waals surface area (Å²) < 4.78 is 5.59. The zero-order chi connectivity index (χ0) is 14.9. The Morgan fingerprint density at radius 3 is 1.86 bits per heavy atom. The van der Waals surface area contributed by atoms with Crippen LogP contribution in [0.1, 0.15) is 78.1 Å². The van der Waals surface area contributed by atoms with E-state index in [1.165, 1.54) is 64.2 Å². The van der Waals surface area contributed by atoms with Gasteiger partial charge in [-0.1, -0.05) is 37.8 Å². The van der Waals surface area contributed by atoms with Gasteiger partial charge in [-0.3, -0.25) is 0 Å². The first kappa shape index (κ1) is 17.1. The molecule has 0 unspecified atom stereocenters. The van der Waals surface area contributed by atoms with Gasteiger partial charge >= 0.3 is 0 Å². The minimum Gasteiger partial charge on any atom is -0.381 e. The van der Waals surface area contributed by atoms with Crippen LogP contribution >= 0.6 is 0 Å². The third-order valence-corrected chi connectivity index (χ3v) is 5.86. The standard InChI is InChI=1S/C20H36O/c1-3-5-17-6-8-18(9-7-17)10-11-19-12-14-20(15-13-19)16-21-4-2/h3,5,17-20H,4,6-16H2,1-2H3/b5-3+. The molecular formula is C20H36O. The predicted molar refractivity (Wildman–Crippen MR) is 91.4 cm³/mol. The number of allylic oxidation sites excluding steroid dienone is 2. The molecule has 21 heavy (non-hydrogen) atoms. The highest BCUT2D eigenvalue weighted by Gasteiger charge is 2.24. The fraction of sp³-hybridized carbons (Fsp3) is 0.900. The van der Waals surface area contributed by atoms with Gasteiger partial charge in [-0.15, -0.1) is 0 Å². The Labute approximate surface area is 132 Å². The third kappa shape index (κ3) is 6.14. The number of rotatable bonds is 7. The Morgan fingerprint density at radius 2 is 1.33 bits per heavy atom. The summed E-state index contributed by atoms with van der Waals surface area (Å²) in [6, 6.07) is 0. The SMILES string of the molecule is C/C=C/C1CCC(CCC2CCC(COCC)CC2)CC1. The van der Waals surface area contributed by atoms with Crippen molar-refractivity contribution in [1.29, 1.82) is 0 Å². The molecule has 0 saturated heterocycles. The Balaban J connectivity index is 1.56. The summed E-state index contributed by atoms with van der Waals surface area (Å²) in [6.07, 6.45) is 19.3. The van der Waals surface area contributed by atoms with Crippen LogP contribution < -0.4 is 0 Å². The van der Waals surface area contributed by atoms with Gasteiger partial charge in [0.1, 0.15) is 0 Å². The smallest absolute Gasteiger partial charge is 0.0494 e. The molecule has 0 aromatic heterocycles. The Bertz CT molecular complexity index is 280. The van der Waals surface area contributed by atoms with Gasteiger partial charge in [-0.05, 0) is 76.0 Å². The van der Waals surface area contributed by atoms with E-state index in [1.54, 1.807) is 0 Å². The molecule has 1 nitrogen and oxygen atoms in total. The molecule has 2 aliphatic carbocycles. The topological polar surface area (TPSA) is 9.23 Å². The van der Waals surface area contributed by atoms with E-state index in [4.69, 9.17) is 4.74 Å². The summed E-state index contributed by atoms with van der Waals surface area (Å²) in [5.41, 5.74) is 0. The van der Waals surface area contributed by atoms with Crippen molar-refractivity contribution in [2.24, 2.45) is 23.7 Å². The van der Waals surface area contributed by atoms with Crippen LogP contribution in [0.15, 0.2) is 12.2 Å². The second kappa shape index (κ2) is 9.66. The third-order valence-electron chi connectivity index (χ3n) is 5.86. The molecule has 0 amide bonds. The fourth-order valence-electron chi connectivity index (χ4n) is 4.38. The summed E-state index contributed by atoms with van der Waals surface area (Å²) >= 11 is 0. The second-order valence-electron chi connectivity index (χ2n) is 7.43. The molecule has 0 bridgehead atoms. The van der Waals surface area contributed by atoms with Crippen molar-refractivity contribution < 1.29 is 4.74 Å². The molecule has 1 heteroatoms. The van der Waals surface area contributed by atoms with E-state index >= 15 is 0 Å². The van der Waals surface area contributed by atoms with Crippen LogP contribution in [0.2, 0.25) is 0 Å². The summed E-state index contributed by atoms with van der Waals surface area (Å²) in [5, 5.41) is 0. The van der Waals surface area contributed by atoms with Crippen molar-refractivity contribution in [1.82, 2.24) is 0 Å². The van der Waals surface area contributed by atoms with Gasteiger partial charge in [0.25, 0.3) is 0 Å². The molecule has 2 fully saturated rings. The van der Waals surface area contributed by atoms with Crippen LogP contribution in [-0.4, -0.2) is 13.2 Å². The monoisotopic (exact) mass is 292 g/mol. The molecule has 2 saturated carbocycles. The van der Waals surface area contributed by atoms with Gasteiger partial charge in [0.15, 0.2) is 0 Å². The first-order valence-electron chi connectivity index (χ1n) is 9.52. The summed E-state index contributed by atoms with van der Waals surface area (Å²) in [5.74, 6) is 3.81. The van der Waals surface area contributed by atoms with E-state index in [2.05, 4.69) is 26.0 Å². The van der Waals surface area contributed by atoms with Crippen molar-refractivity contribution in [3.63, 3.8) is 0 Å². The van der Waals surface area contributed by atoms with Crippen LogP contribution in [0.5, 0.6) is 0 Å². The van der Waals surface area contributed by atoms with Crippen molar-refractivity contribution in [3.8, 4) is 0 Å². The van der Waals surface area contributed by atoms with E-state index < -0.39 is 0 Å². The summed E-state index contributed by atoms with van der Waals surface area (Å²) in [6.45, 7) is 6.17. The van der Waals surface area contributed by atoms with Crippen LogP contribution in [-0.2, 0) is 4.74 Å². The maximum absolute atomic E-state index is 5.59. The van der Waals surface area contributed by atoms with Gasteiger partial charge in [0.2, 0.25) is 0 Å². The second-order valence-corrected chi connectivity index (χ2v) is 7.43. The normalized spacial score (nSPS) is 34.4. The van der Waals surface area contributed by atoms with Crippen molar-refractivity contribution in [2.75, 3.05) is 13.2 Å². The minimum absolute atomic E-state index is 0.859. The first-order chi connectivity index (χ1) is 10.3. The molecular weight excluding hydrogens is 256 g/mol. The highest BCUT2D eigenvalue weighted by atomic mass is 16.5. The molecule has 122 valence electrons. The molecule has 0 radical (unpaired) electrons. The first-order valence-corrected chi connectivity index (χ1v) is 9.52. The molecule has 2 rings (SSSR count). The molecule has 0 aliphatic heterocycles. The summed E-state index contributed by atoms with van der Waals surface area (Å²) in [4.78, 5) is 0. The Hall–Kier alpha value is -0.300. The molecule has 0 aromatic rings. The largest absolute Gasteiger partial charge is 0.381 e. The van der Waals surface area contributed by atoms with Crippen LogP contribution in [0.4, 0.5) is 0 Å². The minimum atomic E-state index is 0.859. The lowest BCUT2D eigenvalue weighted by Crippen LogP contribution is -2.20. The van der Waals surface area contributed by atoms with Crippen LogP contribution in [0.25, 0.3) is 0 Å². The molecule has 0 heterocycles. The van der Waals surface area contributed by atoms with Gasteiger partial charge in [0, 0.05) is 13.2 Å². The number of ether oxygens (including phenoxy) is 1. The zero-order valence-electron chi connectivity index (χ0n) is 14.4. The lowest BCUT2D eigenvalue weighted by molar-refractivity contribution is 0.0844. The highest BCUT2D eigenvalue weighted by Crippen LogP contribution is 2.36. The molecule has 0 aromatic carbocycles. The molecule has 0 spiro atoms. The Kier molecular flexibility index (Phi) is 7.85. The van der Waals surface area contributed by atoms with Gasteiger partial charge < -0.3 is 4.74 Å². The maximum atomic E-state index is 5.59. The zero-order valence-corrected chi connectivity index (χ0v) is 14.4. The van der Waals surface area contributed by atoms with E-state index in [-0.39, 0.29) is 0 Å². The average Bonchev–Trinajstić information content (AvgIpc) is 2.53. The number of hydrogen-bond acceptors (Lipinski definition) is 1. The summed E-state index contributed by atoms with van der Waals surface area (Å²) in [7, 11) is 0. The quantitative estimate of drug-likeness (QED) is 0.523. The van der Waals surface area contributed by atoms with Crippen LogP contribution in [0, 0.1) is 23.7 Å². The number of hydrogen-bond donors (Lipinski definition) is 0. The maximum Gasteiger partial charge on any atom is 0.0494 e. The van der Waals surface area contributed by atoms with E-state index in [1.807, 2.05) is 0 Å². The molecule has 0 N–H and O–H groups in total. The van der Waals surface area contributed by atoms with Crippen molar-refractivity contribution in [3.05, 3.63) is 12.2 Å². The van der Waals surface area contributed by atoms with Crippen molar-refractivity contribution >= 4 is 0 Å². The molecule has 0 atom stereocenters. The van der Waals surface area contributed by atoms with Gasteiger partial charge in [-0.25, -0.2) is 0 Å². The lowest BCUT2D eigenvalue weighted by Gasteiger charge is -2.31. The predicted octanol–water partition coefficient (Wildman–Crippen LogP) is 5.99. The van der Waals surface area contributed by atoms with E-state index in [9.17, 15) is 0 Å².